The summed E-state index contributed by atoms with van der Waals surface area (Å²) in [4.78, 5) is 15.3. The van der Waals surface area contributed by atoms with Crippen LogP contribution >= 0.6 is 0 Å². The van der Waals surface area contributed by atoms with Gasteiger partial charge in [-0.2, -0.15) is 4.31 Å². The number of rotatable bonds is 7. The monoisotopic (exact) mass is 407 g/mol. The van der Waals surface area contributed by atoms with Gasteiger partial charge in [-0.3, -0.25) is 4.79 Å². The van der Waals surface area contributed by atoms with Crippen molar-refractivity contribution in [3.63, 3.8) is 0 Å². The molecule has 1 aromatic rings. The van der Waals surface area contributed by atoms with Gasteiger partial charge in [-0.25, -0.2) is 8.42 Å². The number of hydrogen-bond donors (Lipinski definition) is 1. The molecule has 0 saturated carbocycles. The highest BCUT2D eigenvalue weighted by Crippen LogP contribution is 2.23. The van der Waals surface area contributed by atoms with Crippen molar-refractivity contribution in [3.8, 4) is 0 Å². The van der Waals surface area contributed by atoms with Crippen LogP contribution in [0.25, 0.3) is 0 Å². The van der Waals surface area contributed by atoms with Crippen molar-refractivity contribution in [3.05, 3.63) is 30.3 Å². The van der Waals surface area contributed by atoms with E-state index in [-0.39, 0.29) is 18.4 Å². The number of benzene rings is 1. The maximum Gasteiger partial charge on any atom is 0.243 e. The van der Waals surface area contributed by atoms with Crippen LogP contribution in [0, 0.1) is 11.8 Å². The zero-order chi connectivity index (χ0) is 20.0. The minimum Gasteiger partial charge on any atom is -0.356 e. The first-order chi connectivity index (χ1) is 13.5. The average molecular weight is 408 g/mol. The van der Waals surface area contributed by atoms with E-state index in [0.29, 0.717) is 18.0 Å². The zero-order valence-electron chi connectivity index (χ0n) is 16.8. The summed E-state index contributed by atoms with van der Waals surface area (Å²) in [6.07, 6.45) is 4.99. The molecule has 0 radical (unpaired) electrons. The van der Waals surface area contributed by atoms with Crippen LogP contribution in [0.5, 0.6) is 0 Å². The molecule has 1 N–H and O–H groups in total. The molecule has 2 fully saturated rings. The Kier molecular flexibility index (Phi) is 7.48. The minimum atomic E-state index is -3.53. The van der Waals surface area contributed by atoms with Gasteiger partial charge in [0.2, 0.25) is 15.9 Å². The normalized spacial score (nSPS) is 24.8. The third-order valence-corrected chi connectivity index (χ3v) is 7.71. The number of piperidine rings is 2. The van der Waals surface area contributed by atoms with E-state index in [9.17, 15) is 13.2 Å². The van der Waals surface area contributed by atoms with Crippen LogP contribution in [0.15, 0.2) is 35.2 Å². The lowest BCUT2D eigenvalue weighted by Crippen LogP contribution is -2.45. The Balaban J connectivity index is 1.45. The molecule has 1 aromatic carbocycles. The van der Waals surface area contributed by atoms with E-state index in [1.54, 1.807) is 30.3 Å². The first-order valence-electron chi connectivity index (χ1n) is 10.5. The molecule has 0 spiro atoms. The van der Waals surface area contributed by atoms with Crippen molar-refractivity contribution < 1.29 is 13.2 Å². The van der Waals surface area contributed by atoms with Crippen molar-refractivity contribution in [2.45, 2.75) is 43.9 Å². The summed E-state index contributed by atoms with van der Waals surface area (Å²) in [5.74, 6) is 0.491. The number of carbonyl (C=O) groups is 1. The molecule has 28 heavy (non-hydrogen) atoms. The van der Waals surface area contributed by atoms with Crippen molar-refractivity contribution in [2.75, 3.05) is 39.3 Å². The predicted octanol–water partition coefficient (Wildman–Crippen LogP) is 2.33. The molecule has 2 aliphatic heterocycles. The Morgan fingerprint density at radius 3 is 2.61 bits per heavy atom. The molecule has 0 aromatic heterocycles. The summed E-state index contributed by atoms with van der Waals surface area (Å²) in [5.41, 5.74) is 0. The van der Waals surface area contributed by atoms with Gasteiger partial charge < -0.3 is 10.2 Å². The van der Waals surface area contributed by atoms with Crippen LogP contribution in [-0.2, 0) is 14.8 Å². The van der Waals surface area contributed by atoms with Gasteiger partial charge in [0.05, 0.1) is 10.8 Å². The molecule has 2 atom stereocenters. The third kappa shape index (κ3) is 5.55. The van der Waals surface area contributed by atoms with Gasteiger partial charge in [0.1, 0.15) is 0 Å². The van der Waals surface area contributed by atoms with Gasteiger partial charge in [0, 0.05) is 26.2 Å². The lowest BCUT2D eigenvalue weighted by Gasteiger charge is -2.32. The Bertz CT molecular complexity index is 739. The molecule has 2 saturated heterocycles. The fourth-order valence-corrected chi connectivity index (χ4v) is 5.81. The Labute approximate surface area is 169 Å². The van der Waals surface area contributed by atoms with Gasteiger partial charge in [0.15, 0.2) is 0 Å². The molecule has 3 rings (SSSR count). The van der Waals surface area contributed by atoms with E-state index < -0.39 is 10.0 Å². The van der Waals surface area contributed by atoms with Crippen LogP contribution in [0.3, 0.4) is 0 Å². The molecule has 0 unspecified atom stereocenters. The lowest BCUT2D eigenvalue weighted by atomic mass is 9.99. The quantitative estimate of drug-likeness (QED) is 0.705. The molecular weight excluding hydrogens is 374 g/mol. The molecule has 2 aliphatic rings. The second-order valence-electron chi connectivity index (χ2n) is 8.21. The molecule has 7 heteroatoms. The number of sulfonamides is 1. The Hall–Kier alpha value is -1.44. The highest BCUT2D eigenvalue weighted by molar-refractivity contribution is 7.89. The third-order valence-electron chi connectivity index (χ3n) is 5.83. The van der Waals surface area contributed by atoms with Crippen molar-refractivity contribution in [1.29, 1.82) is 0 Å². The molecule has 156 valence electrons. The van der Waals surface area contributed by atoms with Gasteiger partial charge in [-0.05, 0) is 63.2 Å². The number of likely N-dealkylation sites (tertiary alicyclic amines) is 1. The summed E-state index contributed by atoms with van der Waals surface area (Å²) in [5, 5.41) is 3.03. The first kappa shape index (κ1) is 21.3. The molecule has 1 amide bonds. The molecular formula is C21H33N3O3S. The fraction of sp³-hybridized carbons (Fsp3) is 0.667. The van der Waals surface area contributed by atoms with Crippen molar-refractivity contribution >= 4 is 15.9 Å². The second kappa shape index (κ2) is 9.85. The SMILES string of the molecule is C[C@@H]1CCCN(CCCNC(=O)[C@H]2CCCN(S(=O)(=O)c3ccccc3)C2)C1. The molecule has 6 nitrogen and oxygen atoms in total. The first-order valence-corrected chi connectivity index (χ1v) is 12.0. The minimum absolute atomic E-state index is 0.0139. The van der Waals surface area contributed by atoms with E-state index >= 15 is 0 Å². The van der Waals surface area contributed by atoms with Gasteiger partial charge in [-0.15, -0.1) is 0 Å². The lowest BCUT2D eigenvalue weighted by molar-refractivity contribution is -0.126. The van der Waals surface area contributed by atoms with Gasteiger partial charge >= 0.3 is 0 Å². The van der Waals surface area contributed by atoms with E-state index in [0.717, 1.165) is 44.8 Å². The Morgan fingerprint density at radius 1 is 1.11 bits per heavy atom. The highest BCUT2D eigenvalue weighted by atomic mass is 32.2. The average Bonchev–Trinajstić information content (AvgIpc) is 2.72. The van der Waals surface area contributed by atoms with E-state index in [4.69, 9.17) is 0 Å². The van der Waals surface area contributed by atoms with E-state index in [2.05, 4.69) is 17.1 Å². The summed E-state index contributed by atoms with van der Waals surface area (Å²) >= 11 is 0. The van der Waals surface area contributed by atoms with Gasteiger partial charge in [0.25, 0.3) is 0 Å². The predicted molar refractivity (Wildman–Crippen MR) is 110 cm³/mol. The standard InChI is InChI=1S/C21H33N3O3S/c1-18-8-5-13-23(16-18)14-7-12-22-21(25)19-9-6-15-24(17-19)28(26,27)20-10-3-2-4-11-20/h2-4,10-11,18-19H,5-9,12-17H2,1H3,(H,22,25)/t18-,19+/m1/s1. The highest BCUT2D eigenvalue weighted by Gasteiger charge is 2.33. The summed E-state index contributed by atoms with van der Waals surface area (Å²) in [6, 6.07) is 8.48. The van der Waals surface area contributed by atoms with Crippen LogP contribution in [0.4, 0.5) is 0 Å². The summed E-state index contributed by atoms with van der Waals surface area (Å²) < 4.78 is 27.1. The maximum atomic E-state index is 12.8. The van der Waals surface area contributed by atoms with Gasteiger partial charge in [-0.1, -0.05) is 25.1 Å². The fourth-order valence-electron chi connectivity index (χ4n) is 4.26. The van der Waals surface area contributed by atoms with E-state index in [1.165, 1.54) is 17.1 Å². The smallest absolute Gasteiger partial charge is 0.243 e. The molecule has 0 aliphatic carbocycles. The largest absolute Gasteiger partial charge is 0.356 e. The van der Waals surface area contributed by atoms with Crippen molar-refractivity contribution in [1.82, 2.24) is 14.5 Å². The molecule has 0 bridgehead atoms. The van der Waals surface area contributed by atoms with Crippen LogP contribution in [0.2, 0.25) is 0 Å². The zero-order valence-corrected chi connectivity index (χ0v) is 17.7. The number of nitrogens with zero attached hydrogens (tertiary/aromatic N) is 2. The maximum absolute atomic E-state index is 12.8. The number of nitrogens with one attached hydrogen (secondary N) is 1. The van der Waals surface area contributed by atoms with Crippen molar-refractivity contribution in [2.24, 2.45) is 11.8 Å². The van der Waals surface area contributed by atoms with Crippen LogP contribution < -0.4 is 5.32 Å². The number of amides is 1. The second-order valence-corrected chi connectivity index (χ2v) is 10.1. The van der Waals surface area contributed by atoms with Crippen LogP contribution in [0.1, 0.15) is 39.0 Å². The Morgan fingerprint density at radius 2 is 1.86 bits per heavy atom. The molecule has 2 heterocycles. The number of carbonyl (C=O) groups excluding carboxylic acids is 1. The van der Waals surface area contributed by atoms with Crippen LogP contribution in [-0.4, -0.2) is 62.8 Å². The number of hydrogen-bond acceptors (Lipinski definition) is 4. The van der Waals surface area contributed by atoms with E-state index in [1.807, 2.05) is 0 Å². The summed E-state index contributed by atoms with van der Waals surface area (Å²) in [6.45, 7) is 7.04. The topological polar surface area (TPSA) is 69.7 Å². The summed E-state index contributed by atoms with van der Waals surface area (Å²) in [7, 11) is -3.53.